The summed E-state index contributed by atoms with van der Waals surface area (Å²) in [6.45, 7) is 4.38. The van der Waals surface area contributed by atoms with Crippen LogP contribution in [-0.4, -0.2) is 9.55 Å². The van der Waals surface area contributed by atoms with Crippen LogP contribution in [0, 0.1) is 0 Å². The number of rotatable bonds is 2. The van der Waals surface area contributed by atoms with E-state index in [1.165, 1.54) is 25.0 Å². The molecule has 1 fully saturated rings. The molecule has 1 saturated carbocycles. The van der Waals surface area contributed by atoms with Gasteiger partial charge in [-0.3, -0.25) is 0 Å². The van der Waals surface area contributed by atoms with Crippen LogP contribution in [0.1, 0.15) is 50.8 Å². The molecule has 0 bridgehead atoms. The first-order chi connectivity index (χ1) is 5.77. The summed E-state index contributed by atoms with van der Waals surface area (Å²) >= 11 is 0. The van der Waals surface area contributed by atoms with Crippen molar-refractivity contribution in [1.82, 2.24) is 9.55 Å². The quantitative estimate of drug-likeness (QED) is 0.657. The highest BCUT2D eigenvalue weighted by molar-refractivity contribution is 5.03. The monoisotopic (exact) mass is 164 g/mol. The molecule has 0 saturated heterocycles. The van der Waals surface area contributed by atoms with Crippen molar-refractivity contribution in [2.75, 3.05) is 0 Å². The van der Waals surface area contributed by atoms with Crippen LogP contribution in [0.15, 0.2) is 12.5 Å². The summed E-state index contributed by atoms with van der Waals surface area (Å²) in [6, 6.07) is 0.755. The number of hydrogen-bond acceptors (Lipinski definition) is 1. The SMILES string of the molecule is CC(C)c1cn(C2CCC2)cn1. The van der Waals surface area contributed by atoms with Gasteiger partial charge >= 0.3 is 0 Å². The van der Waals surface area contributed by atoms with Crippen LogP contribution in [0.3, 0.4) is 0 Å². The Hall–Kier alpha value is -0.790. The minimum Gasteiger partial charge on any atom is -0.334 e. The van der Waals surface area contributed by atoms with Gasteiger partial charge in [0.1, 0.15) is 0 Å². The van der Waals surface area contributed by atoms with Gasteiger partial charge in [-0.2, -0.15) is 0 Å². The van der Waals surface area contributed by atoms with Gasteiger partial charge in [0.15, 0.2) is 0 Å². The molecule has 12 heavy (non-hydrogen) atoms. The Morgan fingerprint density at radius 2 is 2.25 bits per heavy atom. The van der Waals surface area contributed by atoms with E-state index in [4.69, 9.17) is 0 Å². The minimum absolute atomic E-state index is 0.561. The van der Waals surface area contributed by atoms with Gasteiger partial charge in [0, 0.05) is 12.2 Å². The van der Waals surface area contributed by atoms with Gasteiger partial charge in [0.25, 0.3) is 0 Å². The maximum absolute atomic E-state index is 4.38. The fraction of sp³-hybridized carbons (Fsp3) is 0.700. The van der Waals surface area contributed by atoms with Crippen molar-refractivity contribution in [3.05, 3.63) is 18.2 Å². The van der Waals surface area contributed by atoms with Crippen LogP contribution in [0.5, 0.6) is 0 Å². The number of aromatic nitrogens is 2. The minimum atomic E-state index is 0.561. The molecule has 0 atom stereocenters. The highest BCUT2D eigenvalue weighted by Gasteiger charge is 2.19. The van der Waals surface area contributed by atoms with E-state index in [-0.39, 0.29) is 0 Å². The lowest BCUT2D eigenvalue weighted by atomic mass is 9.93. The summed E-state index contributed by atoms with van der Waals surface area (Å²) in [5, 5.41) is 0. The molecular weight excluding hydrogens is 148 g/mol. The van der Waals surface area contributed by atoms with Gasteiger partial charge in [-0.15, -0.1) is 0 Å². The van der Waals surface area contributed by atoms with Crippen molar-refractivity contribution in [1.29, 1.82) is 0 Å². The predicted molar refractivity (Wildman–Crippen MR) is 49.2 cm³/mol. The average Bonchev–Trinajstić information content (AvgIpc) is 2.32. The summed E-state index contributed by atoms with van der Waals surface area (Å²) in [7, 11) is 0. The highest BCUT2D eigenvalue weighted by Crippen LogP contribution is 2.31. The molecule has 0 radical (unpaired) electrons. The molecule has 1 aliphatic carbocycles. The molecule has 1 aromatic heterocycles. The van der Waals surface area contributed by atoms with Crippen molar-refractivity contribution in [2.24, 2.45) is 0 Å². The van der Waals surface area contributed by atoms with Crippen LogP contribution < -0.4 is 0 Å². The first kappa shape index (κ1) is 7.84. The molecule has 1 aliphatic rings. The Morgan fingerprint density at radius 1 is 1.50 bits per heavy atom. The fourth-order valence-corrected chi connectivity index (χ4v) is 1.54. The number of hydrogen-bond donors (Lipinski definition) is 0. The van der Waals surface area contributed by atoms with Crippen LogP contribution in [-0.2, 0) is 0 Å². The Kier molecular flexibility index (Phi) is 1.91. The average molecular weight is 164 g/mol. The van der Waals surface area contributed by atoms with E-state index in [2.05, 4.69) is 29.6 Å². The van der Waals surface area contributed by atoms with Crippen LogP contribution in [0.25, 0.3) is 0 Å². The van der Waals surface area contributed by atoms with E-state index in [1.54, 1.807) is 0 Å². The molecule has 1 aromatic rings. The van der Waals surface area contributed by atoms with E-state index in [0.29, 0.717) is 5.92 Å². The molecular formula is C10H16N2. The molecule has 0 amide bonds. The Morgan fingerprint density at radius 3 is 2.67 bits per heavy atom. The maximum atomic E-state index is 4.38. The van der Waals surface area contributed by atoms with Gasteiger partial charge in [0.05, 0.1) is 12.0 Å². The zero-order valence-electron chi connectivity index (χ0n) is 7.83. The first-order valence-corrected chi connectivity index (χ1v) is 4.80. The van der Waals surface area contributed by atoms with Crippen LogP contribution in [0.4, 0.5) is 0 Å². The number of nitrogens with zero attached hydrogens (tertiary/aromatic N) is 2. The van der Waals surface area contributed by atoms with E-state index in [0.717, 1.165) is 6.04 Å². The Bertz CT molecular complexity index is 259. The second-order valence-electron chi connectivity index (χ2n) is 3.99. The molecule has 0 aromatic carbocycles. The smallest absolute Gasteiger partial charge is 0.0952 e. The lowest BCUT2D eigenvalue weighted by molar-refractivity contribution is 0.313. The third kappa shape index (κ3) is 1.26. The number of imidazole rings is 1. The largest absolute Gasteiger partial charge is 0.334 e. The zero-order chi connectivity index (χ0) is 8.55. The molecule has 0 unspecified atom stereocenters. The second-order valence-corrected chi connectivity index (χ2v) is 3.99. The molecule has 66 valence electrons. The van der Waals surface area contributed by atoms with Crippen LogP contribution in [0.2, 0.25) is 0 Å². The molecule has 1 heterocycles. The van der Waals surface area contributed by atoms with Gasteiger partial charge in [0.2, 0.25) is 0 Å². The van der Waals surface area contributed by atoms with Crippen molar-refractivity contribution in [3.8, 4) is 0 Å². The standard InChI is InChI=1S/C10H16N2/c1-8(2)10-6-12(7-11-10)9-4-3-5-9/h6-9H,3-5H2,1-2H3. The Labute approximate surface area is 73.6 Å². The Balaban J connectivity index is 2.12. The van der Waals surface area contributed by atoms with E-state index in [1.807, 2.05) is 6.33 Å². The van der Waals surface area contributed by atoms with Crippen molar-refractivity contribution >= 4 is 0 Å². The second kappa shape index (κ2) is 2.92. The normalized spacial score (nSPS) is 18.2. The molecule has 2 rings (SSSR count). The van der Waals surface area contributed by atoms with Gasteiger partial charge < -0.3 is 4.57 Å². The summed E-state index contributed by atoms with van der Waals surface area (Å²) in [5.41, 5.74) is 1.22. The predicted octanol–water partition coefficient (Wildman–Crippen LogP) is 2.73. The summed E-state index contributed by atoms with van der Waals surface area (Å²) in [6.07, 6.45) is 8.26. The molecule has 2 heteroatoms. The van der Waals surface area contributed by atoms with Gasteiger partial charge in [-0.1, -0.05) is 13.8 Å². The molecule has 0 N–H and O–H groups in total. The third-order valence-electron chi connectivity index (χ3n) is 2.71. The highest BCUT2D eigenvalue weighted by atomic mass is 15.1. The molecule has 0 aliphatic heterocycles. The summed E-state index contributed by atoms with van der Waals surface area (Å²) in [5.74, 6) is 0.561. The maximum Gasteiger partial charge on any atom is 0.0952 e. The van der Waals surface area contributed by atoms with E-state index >= 15 is 0 Å². The summed E-state index contributed by atoms with van der Waals surface area (Å²) < 4.78 is 2.28. The van der Waals surface area contributed by atoms with Crippen LogP contribution >= 0.6 is 0 Å². The van der Waals surface area contributed by atoms with Crippen molar-refractivity contribution in [3.63, 3.8) is 0 Å². The topological polar surface area (TPSA) is 17.8 Å². The van der Waals surface area contributed by atoms with E-state index in [9.17, 15) is 0 Å². The molecule has 2 nitrogen and oxygen atoms in total. The fourth-order valence-electron chi connectivity index (χ4n) is 1.54. The lowest BCUT2D eigenvalue weighted by Crippen LogP contribution is -2.15. The zero-order valence-corrected chi connectivity index (χ0v) is 7.83. The van der Waals surface area contributed by atoms with Crippen molar-refractivity contribution < 1.29 is 0 Å². The lowest BCUT2D eigenvalue weighted by Gasteiger charge is -2.26. The van der Waals surface area contributed by atoms with Gasteiger partial charge in [-0.25, -0.2) is 4.98 Å². The van der Waals surface area contributed by atoms with Crippen molar-refractivity contribution in [2.45, 2.75) is 45.1 Å². The summed E-state index contributed by atoms with van der Waals surface area (Å²) in [4.78, 5) is 4.38. The van der Waals surface area contributed by atoms with E-state index < -0.39 is 0 Å². The first-order valence-electron chi connectivity index (χ1n) is 4.80. The molecule has 0 spiro atoms. The third-order valence-corrected chi connectivity index (χ3v) is 2.71. The van der Waals surface area contributed by atoms with Gasteiger partial charge in [-0.05, 0) is 25.2 Å².